The van der Waals surface area contributed by atoms with Crippen LogP contribution in [0.25, 0.3) is 10.6 Å². The first-order valence-corrected chi connectivity index (χ1v) is 10.9. The maximum absolute atomic E-state index is 14.0. The molecule has 1 saturated heterocycles. The minimum Gasteiger partial charge on any atom is -0.369 e. The van der Waals surface area contributed by atoms with Gasteiger partial charge in [0.05, 0.1) is 29.2 Å². The summed E-state index contributed by atoms with van der Waals surface area (Å²) in [6, 6.07) is 3.66. The molecule has 2 aromatic heterocycles. The molecule has 3 heterocycles. The summed E-state index contributed by atoms with van der Waals surface area (Å²) in [6.45, 7) is 1.98. The number of amides is 1. The van der Waals surface area contributed by atoms with Crippen molar-refractivity contribution in [3.05, 3.63) is 52.8 Å². The van der Waals surface area contributed by atoms with E-state index in [4.69, 9.17) is 10.5 Å². The topological polar surface area (TPSA) is 95.1 Å². The third-order valence-electron chi connectivity index (χ3n) is 5.28. The van der Waals surface area contributed by atoms with Crippen LogP contribution >= 0.6 is 11.3 Å². The Kier molecular flexibility index (Phi) is 6.12. The molecule has 3 aromatic rings. The molecule has 0 bridgehead atoms. The first kappa shape index (κ1) is 21.5. The summed E-state index contributed by atoms with van der Waals surface area (Å²) in [6.07, 6.45) is 3.56. The zero-order valence-corrected chi connectivity index (χ0v) is 18.0. The number of ether oxygens (including phenoxy) is 1. The Morgan fingerprint density at radius 2 is 2.06 bits per heavy atom. The number of anilines is 1. The quantitative estimate of drug-likeness (QED) is 0.630. The van der Waals surface area contributed by atoms with E-state index < -0.39 is 17.5 Å². The fourth-order valence-electron chi connectivity index (χ4n) is 3.82. The maximum Gasteiger partial charge on any atom is 0.275 e. The normalized spacial score (nSPS) is 21.6. The Balaban J connectivity index is 1.56. The van der Waals surface area contributed by atoms with Crippen molar-refractivity contribution in [3.63, 3.8) is 0 Å². The second kappa shape index (κ2) is 8.81. The van der Waals surface area contributed by atoms with Crippen molar-refractivity contribution in [1.29, 1.82) is 0 Å². The number of carbonyl (C=O) groups is 1. The van der Waals surface area contributed by atoms with Gasteiger partial charge in [0.1, 0.15) is 28.4 Å². The number of nitrogens with zero attached hydrogens (tertiary/aromatic N) is 3. The Labute approximate surface area is 182 Å². The summed E-state index contributed by atoms with van der Waals surface area (Å²) in [5.74, 6) is -1.95. The molecule has 0 aliphatic carbocycles. The predicted octanol–water partition coefficient (Wildman–Crippen LogP) is 4.03. The minimum absolute atomic E-state index is 0.0160. The van der Waals surface area contributed by atoms with Crippen molar-refractivity contribution >= 4 is 22.9 Å². The average Bonchev–Trinajstić information content (AvgIpc) is 3.28. The summed E-state index contributed by atoms with van der Waals surface area (Å²) in [4.78, 5) is 16.9. The highest BCUT2D eigenvalue weighted by Crippen LogP contribution is 2.34. The number of halogens is 2. The molecule has 0 spiro atoms. The number of carbonyl (C=O) groups excluding carboxylic acids is 1. The first-order valence-electron chi connectivity index (χ1n) is 9.97. The van der Waals surface area contributed by atoms with Gasteiger partial charge in [0.15, 0.2) is 0 Å². The zero-order valence-electron chi connectivity index (χ0n) is 17.1. The van der Waals surface area contributed by atoms with Gasteiger partial charge in [-0.3, -0.25) is 9.48 Å². The SMILES string of the molecule is CC1CC(N)CCC(c2c(NC(=O)c3csc(-c4c(F)cccc4F)n3)cnn2C)O1. The minimum atomic E-state index is -0.728. The van der Waals surface area contributed by atoms with E-state index in [1.165, 1.54) is 11.4 Å². The molecule has 31 heavy (non-hydrogen) atoms. The van der Waals surface area contributed by atoms with Crippen molar-refractivity contribution < 1.29 is 18.3 Å². The van der Waals surface area contributed by atoms with Gasteiger partial charge in [-0.15, -0.1) is 11.3 Å². The Morgan fingerprint density at radius 3 is 2.81 bits per heavy atom. The van der Waals surface area contributed by atoms with E-state index in [-0.39, 0.29) is 34.5 Å². The lowest BCUT2D eigenvalue weighted by Gasteiger charge is -2.20. The summed E-state index contributed by atoms with van der Waals surface area (Å²) in [5, 5.41) is 8.64. The fourth-order valence-corrected chi connectivity index (χ4v) is 4.67. The first-order chi connectivity index (χ1) is 14.8. The standard InChI is InChI=1S/C21H23F2N5O2S/c1-11-8-12(24)6-7-17(30-11)19-15(9-25-28(19)2)26-20(29)16-10-31-21(27-16)18-13(22)4-3-5-14(18)23/h3-5,9-12,17H,6-8,24H2,1-2H3,(H,26,29). The number of thiazole rings is 1. The summed E-state index contributed by atoms with van der Waals surface area (Å²) >= 11 is 0.999. The Bertz CT molecular complexity index is 1080. The maximum atomic E-state index is 14.0. The average molecular weight is 448 g/mol. The van der Waals surface area contributed by atoms with Gasteiger partial charge >= 0.3 is 0 Å². The van der Waals surface area contributed by atoms with E-state index in [9.17, 15) is 13.6 Å². The highest BCUT2D eigenvalue weighted by Gasteiger charge is 2.28. The zero-order chi connectivity index (χ0) is 22.1. The molecule has 1 aromatic carbocycles. The number of benzene rings is 1. The molecule has 1 aliphatic heterocycles. The number of nitrogens with one attached hydrogen (secondary N) is 1. The number of rotatable bonds is 4. The van der Waals surface area contributed by atoms with Crippen molar-refractivity contribution in [3.8, 4) is 10.6 Å². The predicted molar refractivity (Wildman–Crippen MR) is 114 cm³/mol. The number of hydrogen-bond donors (Lipinski definition) is 2. The van der Waals surface area contributed by atoms with Crippen molar-refractivity contribution in [2.24, 2.45) is 12.8 Å². The molecular formula is C21H23F2N5O2S. The van der Waals surface area contributed by atoms with E-state index >= 15 is 0 Å². The van der Waals surface area contributed by atoms with Crippen LogP contribution in [0, 0.1) is 11.6 Å². The second-order valence-corrected chi connectivity index (χ2v) is 8.52. The molecule has 1 aliphatic rings. The molecule has 3 unspecified atom stereocenters. The van der Waals surface area contributed by atoms with Crippen molar-refractivity contribution in [2.45, 2.75) is 44.4 Å². The third kappa shape index (κ3) is 4.51. The van der Waals surface area contributed by atoms with Crippen LogP contribution in [0.4, 0.5) is 14.5 Å². The van der Waals surface area contributed by atoms with E-state index in [2.05, 4.69) is 15.4 Å². The number of nitrogens with two attached hydrogens (primary N) is 1. The summed E-state index contributed by atoms with van der Waals surface area (Å²) < 4.78 is 35.9. The molecule has 10 heteroatoms. The monoisotopic (exact) mass is 447 g/mol. The molecule has 3 atom stereocenters. The van der Waals surface area contributed by atoms with Gasteiger partial charge in [0, 0.05) is 18.5 Å². The molecule has 1 fully saturated rings. The number of hydrogen-bond acceptors (Lipinski definition) is 6. The van der Waals surface area contributed by atoms with Crippen LogP contribution in [-0.4, -0.2) is 32.8 Å². The van der Waals surface area contributed by atoms with Crippen LogP contribution in [-0.2, 0) is 11.8 Å². The molecule has 164 valence electrons. The van der Waals surface area contributed by atoms with Gasteiger partial charge in [-0.2, -0.15) is 5.10 Å². The summed E-state index contributed by atoms with van der Waals surface area (Å²) in [7, 11) is 1.78. The van der Waals surface area contributed by atoms with E-state index in [1.807, 2.05) is 6.92 Å². The van der Waals surface area contributed by atoms with Crippen LogP contribution in [0.3, 0.4) is 0 Å². The van der Waals surface area contributed by atoms with E-state index in [1.54, 1.807) is 17.9 Å². The van der Waals surface area contributed by atoms with Crippen molar-refractivity contribution in [2.75, 3.05) is 5.32 Å². The molecule has 0 saturated carbocycles. The molecule has 7 nitrogen and oxygen atoms in total. The van der Waals surface area contributed by atoms with Crippen LogP contribution in [0.15, 0.2) is 29.8 Å². The highest BCUT2D eigenvalue weighted by atomic mass is 32.1. The molecule has 3 N–H and O–H groups in total. The highest BCUT2D eigenvalue weighted by molar-refractivity contribution is 7.13. The van der Waals surface area contributed by atoms with Crippen molar-refractivity contribution in [1.82, 2.24) is 14.8 Å². The lowest BCUT2D eigenvalue weighted by molar-refractivity contribution is -0.00360. The molecule has 0 radical (unpaired) electrons. The molecular weight excluding hydrogens is 424 g/mol. The van der Waals surface area contributed by atoms with Gasteiger partial charge in [-0.05, 0) is 38.3 Å². The molecule has 4 rings (SSSR count). The van der Waals surface area contributed by atoms with Gasteiger partial charge in [-0.1, -0.05) is 6.07 Å². The van der Waals surface area contributed by atoms with Gasteiger partial charge in [0.2, 0.25) is 0 Å². The molecule has 1 amide bonds. The van der Waals surface area contributed by atoms with E-state index in [0.717, 1.165) is 42.0 Å². The van der Waals surface area contributed by atoms with Gasteiger partial charge < -0.3 is 15.8 Å². The number of aryl methyl sites for hydroxylation is 1. The van der Waals surface area contributed by atoms with Crippen LogP contribution in [0.1, 0.15) is 48.5 Å². The lowest BCUT2D eigenvalue weighted by atomic mass is 10.0. The summed E-state index contributed by atoms with van der Waals surface area (Å²) in [5.41, 5.74) is 7.18. The van der Waals surface area contributed by atoms with Gasteiger partial charge in [0.25, 0.3) is 5.91 Å². The third-order valence-corrected chi connectivity index (χ3v) is 6.14. The van der Waals surface area contributed by atoms with E-state index in [0.29, 0.717) is 12.1 Å². The Hall–Kier alpha value is -2.69. The van der Waals surface area contributed by atoms with Gasteiger partial charge in [-0.25, -0.2) is 13.8 Å². The smallest absolute Gasteiger partial charge is 0.275 e. The second-order valence-electron chi connectivity index (χ2n) is 7.66. The number of aromatic nitrogens is 3. The fraction of sp³-hybridized carbons (Fsp3) is 0.381. The Morgan fingerprint density at radius 1 is 1.32 bits per heavy atom. The lowest BCUT2D eigenvalue weighted by Crippen LogP contribution is -2.23. The largest absolute Gasteiger partial charge is 0.369 e. The van der Waals surface area contributed by atoms with Crippen LogP contribution in [0.5, 0.6) is 0 Å². The van der Waals surface area contributed by atoms with Crippen LogP contribution < -0.4 is 11.1 Å². The van der Waals surface area contributed by atoms with Crippen LogP contribution in [0.2, 0.25) is 0 Å².